The standard InChI is InChI=1S/C38H35F4N2O5/c1-2-26(45)47-16-7-17-48-38(46)29-28(30(39)32(41)33(42)31(29)40)27-24-18-20-8-3-12-43-14-5-10-22(34(20)43)36(24)49-37-23-11-6-15-44-13-4-9-21(35(23)44)19-25(27)37/h2,18-19H,1,3-17H2/q+1. The van der Waals surface area contributed by atoms with Crippen LogP contribution in [0.1, 0.15) is 75.8 Å². The number of ether oxygens (including phenoxy) is 3. The molecule has 8 rings (SSSR count). The Labute approximate surface area is 280 Å². The molecule has 11 heteroatoms. The van der Waals surface area contributed by atoms with E-state index in [4.69, 9.17) is 14.2 Å². The molecule has 254 valence electrons. The van der Waals surface area contributed by atoms with E-state index >= 15 is 17.6 Å². The average molecular weight is 676 g/mol. The topological polar surface area (TPSA) is 68.1 Å². The Kier molecular flexibility index (Phi) is 7.95. The van der Waals surface area contributed by atoms with Crippen LogP contribution in [0, 0.1) is 23.3 Å². The van der Waals surface area contributed by atoms with Crippen LogP contribution < -0.4 is 24.8 Å². The van der Waals surface area contributed by atoms with Crippen LogP contribution in [0.25, 0.3) is 5.57 Å². The van der Waals surface area contributed by atoms with Crippen molar-refractivity contribution in [2.24, 2.45) is 0 Å². The maximum absolute atomic E-state index is 16.5. The number of halogens is 4. The van der Waals surface area contributed by atoms with Gasteiger partial charge in [-0.05, 0) is 56.2 Å². The molecule has 7 nitrogen and oxygen atoms in total. The van der Waals surface area contributed by atoms with Gasteiger partial charge in [0.15, 0.2) is 23.3 Å². The van der Waals surface area contributed by atoms with Gasteiger partial charge in [-0.3, -0.25) is 0 Å². The summed E-state index contributed by atoms with van der Waals surface area (Å²) in [6.45, 7) is 6.40. The minimum absolute atomic E-state index is 0.0303. The molecule has 0 radical (unpaired) electrons. The third-order valence-electron chi connectivity index (χ3n) is 10.3. The van der Waals surface area contributed by atoms with E-state index in [9.17, 15) is 9.59 Å². The summed E-state index contributed by atoms with van der Waals surface area (Å²) in [5, 5.41) is 1.50. The molecule has 0 aliphatic carbocycles. The summed E-state index contributed by atoms with van der Waals surface area (Å²) in [7, 11) is 0. The fraction of sp³-hybridized carbons (Fsp3) is 0.395. The molecule has 49 heavy (non-hydrogen) atoms. The number of fused-ring (bicyclic) bond motifs is 4. The highest BCUT2D eigenvalue weighted by molar-refractivity contribution is 6.00. The Morgan fingerprint density at radius 1 is 0.837 bits per heavy atom. The number of aryl methyl sites for hydroxylation is 2. The van der Waals surface area contributed by atoms with Crippen LogP contribution in [-0.4, -0.2) is 51.3 Å². The van der Waals surface area contributed by atoms with Gasteiger partial charge in [0, 0.05) is 77.2 Å². The number of nitrogens with zero attached hydrogens (tertiary/aromatic N) is 2. The van der Waals surface area contributed by atoms with Crippen molar-refractivity contribution in [1.82, 2.24) is 4.58 Å². The van der Waals surface area contributed by atoms with Crippen LogP contribution in [0.3, 0.4) is 0 Å². The Morgan fingerprint density at radius 3 is 2.33 bits per heavy atom. The zero-order chi connectivity index (χ0) is 34.0. The van der Waals surface area contributed by atoms with Crippen molar-refractivity contribution in [3.8, 4) is 11.5 Å². The van der Waals surface area contributed by atoms with Crippen molar-refractivity contribution in [2.45, 2.75) is 57.8 Å². The quantitative estimate of drug-likeness (QED) is 0.0526. The Hall–Kier alpha value is -4.67. The lowest BCUT2D eigenvalue weighted by molar-refractivity contribution is -0.137. The highest BCUT2D eigenvalue weighted by Crippen LogP contribution is 2.49. The van der Waals surface area contributed by atoms with Gasteiger partial charge in [-0.15, -0.1) is 0 Å². The summed E-state index contributed by atoms with van der Waals surface area (Å²) >= 11 is 0. The summed E-state index contributed by atoms with van der Waals surface area (Å²) in [6.07, 6.45) is 7.42. The first kappa shape index (κ1) is 31.6. The number of anilines is 1. The van der Waals surface area contributed by atoms with E-state index in [0.29, 0.717) is 35.1 Å². The molecule has 0 spiro atoms. The average Bonchev–Trinajstić information content (AvgIpc) is 3.12. The fourth-order valence-electron chi connectivity index (χ4n) is 8.37. The summed E-state index contributed by atoms with van der Waals surface area (Å²) in [4.78, 5) is 27.4. The molecular weight excluding hydrogens is 640 g/mol. The predicted molar refractivity (Wildman–Crippen MR) is 173 cm³/mol. The van der Waals surface area contributed by atoms with Gasteiger partial charge in [0.25, 0.3) is 0 Å². The number of carbonyl (C=O) groups is 2. The number of hydrogen-bond donors (Lipinski definition) is 0. The second kappa shape index (κ2) is 12.3. The van der Waals surface area contributed by atoms with Gasteiger partial charge in [-0.1, -0.05) is 6.58 Å². The lowest BCUT2D eigenvalue weighted by Crippen LogP contribution is -2.45. The minimum Gasteiger partial charge on any atom is -0.462 e. The molecule has 5 aliphatic rings. The monoisotopic (exact) mass is 675 g/mol. The molecular formula is C38H35F4N2O5+. The van der Waals surface area contributed by atoms with E-state index < -0.39 is 46.3 Å². The van der Waals surface area contributed by atoms with Gasteiger partial charge in [-0.25, -0.2) is 31.7 Å². The first-order valence-electron chi connectivity index (χ1n) is 17.0. The van der Waals surface area contributed by atoms with Crippen LogP contribution in [0.4, 0.5) is 23.2 Å². The molecule has 3 aromatic rings. The molecule has 5 aliphatic heterocycles. The molecule has 0 bridgehead atoms. The van der Waals surface area contributed by atoms with Crippen molar-refractivity contribution < 1.29 is 41.4 Å². The first-order chi connectivity index (χ1) is 23.8. The Morgan fingerprint density at radius 2 is 1.53 bits per heavy atom. The van der Waals surface area contributed by atoms with E-state index in [0.717, 1.165) is 104 Å². The fourth-order valence-corrected chi connectivity index (χ4v) is 8.37. The molecule has 0 saturated heterocycles. The van der Waals surface area contributed by atoms with Crippen LogP contribution in [0.5, 0.6) is 11.5 Å². The van der Waals surface area contributed by atoms with Gasteiger partial charge < -0.3 is 19.1 Å². The number of benzene rings is 3. The summed E-state index contributed by atoms with van der Waals surface area (Å²) < 4.78 is 82.2. The highest BCUT2D eigenvalue weighted by Gasteiger charge is 2.39. The highest BCUT2D eigenvalue weighted by atomic mass is 19.2. The van der Waals surface area contributed by atoms with Crippen molar-refractivity contribution in [2.75, 3.05) is 44.3 Å². The molecule has 0 atom stereocenters. The van der Waals surface area contributed by atoms with Gasteiger partial charge in [-0.2, -0.15) is 0 Å². The molecule has 0 fully saturated rings. The van der Waals surface area contributed by atoms with E-state index in [1.54, 1.807) is 0 Å². The van der Waals surface area contributed by atoms with Gasteiger partial charge in [0.1, 0.15) is 30.2 Å². The number of hydrogen-bond acceptors (Lipinski definition) is 6. The summed E-state index contributed by atoms with van der Waals surface area (Å²) in [5.41, 5.74) is 3.76. The SMILES string of the molecule is C=CC(=O)OCCCOC(=O)c1c(F)c(F)c(F)c(F)c1C1=c2cc3c4c(c2Oc2c1cc1c5c2CCCN5CCC1)CCC[N+]=4CCC3. The van der Waals surface area contributed by atoms with E-state index in [1.807, 2.05) is 12.1 Å². The zero-order valence-corrected chi connectivity index (χ0v) is 27.0. The molecule has 5 heterocycles. The van der Waals surface area contributed by atoms with Gasteiger partial charge >= 0.3 is 11.9 Å². The third kappa shape index (κ3) is 5.03. The van der Waals surface area contributed by atoms with Crippen molar-refractivity contribution in [3.63, 3.8) is 0 Å². The molecule has 0 unspecified atom stereocenters. The normalized spacial score (nSPS) is 16.9. The third-order valence-corrected chi connectivity index (χ3v) is 10.3. The number of esters is 2. The zero-order valence-electron chi connectivity index (χ0n) is 27.0. The molecule has 0 saturated carbocycles. The Bertz CT molecular complexity index is 2100. The van der Waals surface area contributed by atoms with E-state index in [1.165, 1.54) is 0 Å². The maximum Gasteiger partial charge on any atom is 0.341 e. The smallest absolute Gasteiger partial charge is 0.341 e. The Balaban J connectivity index is 1.40. The number of rotatable bonds is 7. The van der Waals surface area contributed by atoms with E-state index in [-0.39, 0.29) is 25.2 Å². The van der Waals surface area contributed by atoms with Crippen molar-refractivity contribution in [3.05, 3.63) is 97.6 Å². The molecule has 0 N–H and O–H groups in total. The number of carbonyl (C=O) groups excluding carboxylic acids is 2. The lowest BCUT2D eigenvalue weighted by Gasteiger charge is -2.39. The van der Waals surface area contributed by atoms with Crippen LogP contribution in [0.2, 0.25) is 0 Å². The maximum atomic E-state index is 16.5. The predicted octanol–water partition coefficient (Wildman–Crippen LogP) is 4.95. The van der Waals surface area contributed by atoms with Crippen LogP contribution in [0.15, 0.2) is 24.8 Å². The van der Waals surface area contributed by atoms with Gasteiger partial charge in [0.05, 0.1) is 18.8 Å². The second-order valence-corrected chi connectivity index (χ2v) is 13.2. The summed E-state index contributed by atoms with van der Waals surface area (Å²) in [6, 6.07) is 3.78. The second-order valence-electron chi connectivity index (χ2n) is 13.2. The van der Waals surface area contributed by atoms with Crippen LogP contribution >= 0.6 is 0 Å². The largest absolute Gasteiger partial charge is 0.462 e. The van der Waals surface area contributed by atoms with Crippen molar-refractivity contribution in [1.29, 1.82) is 0 Å². The lowest BCUT2D eigenvalue weighted by atomic mass is 9.81. The molecule has 0 amide bonds. The molecule has 0 aromatic heterocycles. The van der Waals surface area contributed by atoms with Crippen molar-refractivity contribution >= 4 is 23.2 Å². The van der Waals surface area contributed by atoms with Crippen LogP contribution in [-0.2, 0) is 40.0 Å². The first-order valence-corrected chi connectivity index (χ1v) is 17.0. The molecule has 3 aromatic carbocycles. The summed E-state index contributed by atoms with van der Waals surface area (Å²) in [5.74, 6) is -8.72. The van der Waals surface area contributed by atoms with Gasteiger partial charge in [0.2, 0.25) is 5.36 Å². The minimum atomic E-state index is -2.10. The van der Waals surface area contributed by atoms with E-state index in [2.05, 4.69) is 16.1 Å².